The number of halogens is 3. The molecule has 0 aromatic carbocycles. The molecular formula is HClF2Si. The van der Waals surface area contributed by atoms with Crippen molar-refractivity contribution in [1.82, 2.24) is 0 Å². The SMILES string of the molecule is F[SiH](F)Cl. The highest BCUT2D eigenvalue weighted by molar-refractivity contribution is 6.98. The van der Waals surface area contributed by atoms with Crippen molar-refractivity contribution in [3.8, 4) is 0 Å². The average molecular weight is 103 g/mol. The van der Waals surface area contributed by atoms with E-state index in [1.54, 1.807) is 0 Å². The van der Waals surface area contributed by atoms with E-state index in [2.05, 4.69) is 11.1 Å². The predicted octanol–water partition coefficient (Wildman–Crippen LogP) is 0.881. The minimum Gasteiger partial charge on any atom is -0.256 e. The highest BCUT2D eigenvalue weighted by atomic mass is 35.6. The Morgan fingerprint density at radius 3 is 1.50 bits per heavy atom. The topological polar surface area (TPSA) is 0 Å². The maximum absolute atomic E-state index is 10.2. The van der Waals surface area contributed by atoms with Gasteiger partial charge < -0.3 is 0 Å². The van der Waals surface area contributed by atoms with E-state index in [-0.39, 0.29) is 0 Å². The van der Waals surface area contributed by atoms with Crippen molar-refractivity contribution in [1.29, 1.82) is 0 Å². The highest BCUT2D eigenvalue weighted by Crippen LogP contribution is 1.86. The molecule has 0 aromatic rings. The summed E-state index contributed by atoms with van der Waals surface area (Å²) in [6.45, 7) is 0. The number of hydrogen-bond acceptors (Lipinski definition) is 0. The van der Waals surface area contributed by atoms with E-state index in [0.717, 1.165) is 0 Å². The summed E-state index contributed by atoms with van der Waals surface area (Å²) in [5, 5.41) is 0. The van der Waals surface area contributed by atoms with E-state index in [1.165, 1.54) is 0 Å². The fraction of sp³-hybridized carbons (Fsp3) is 0. The van der Waals surface area contributed by atoms with Crippen LogP contribution in [0.2, 0.25) is 0 Å². The van der Waals surface area contributed by atoms with Gasteiger partial charge in [-0.25, -0.2) is 0 Å². The smallest absolute Gasteiger partial charge is 0.256 e. The van der Waals surface area contributed by atoms with Gasteiger partial charge in [0.1, 0.15) is 0 Å². The molecule has 4 heteroatoms. The molecule has 0 bridgehead atoms. The monoisotopic (exact) mass is 102 g/mol. The molecule has 0 radical (unpaired) electrons. The lowest BCUT2D eigenvalue weighted by Crippen LogP contribution is -1.73. The number of rotatable bonds is 0. The third-order valence-corrected chi connectivity index (χ3v) is 0. The van der Waals surface area contributed by atoms with Crippen molar-refractivity contribution in [3.63, 3.8) is 0 Å². The quantitative estimate of drug-likeness (QED) is 0.315. The summed E-state index contributed by atoms with van der Waals surface area (Å²) in [6, 6.07) is 0. The van der Waals surface area contributed by atoms with Gasteiger partial charge in [-0.1, -0.05) is 11.1 Å². The first-order chi connectivity index (χ1) is 1.73. The first-order valence-corrected chi connectivity index (χ1v) is 3.27. The van der Waals surface area contributed by atoms with Crippen LogP contribution in [0.4, 0.5) is 8.22 Å². The van der Waals surface area contributed by atoms with Crippen LogP contribution in [0, 0.1) is 0 Å². The zero-order valence-electron chi connectivity index (χ0n) is 1.71. The van der Waals surface area contributed by atoms with Crippen LogP contribution < -0.4 is 0 Å². The molecule has 0 aliphatic rings. The van der Waals surface area contributed by atoms with Gasteiger partial charge in [-0.3, -0.25) is 8.22 Å². The Kier molecular flexibility index (Phi) is 1.82. The second-order valence-electron chi connectivity index (χ2n) is 0.247. The van der Waals surface area contributed by atoms with Crippen molar-refractivity contribution in [3.05, 3.63) is 0 Å². The maximum Gasteiger partial charge on any atom is 0.506 e. The van der Waals surface area contributed by atoms with Crippen molar-refractivity contribution >= 4 is 19.9 Å². The zero-order chi connectivity index (χ0) is 3.58. The molecule has 4 heavy (non-hydrogen) atoms. The van der Waals surface area contributed by atoms with Crippen LogP contribution in [0.3, 0.4) is 0 Å². The second-order valence-corrected chi connectivity index (χ2v) is 1.73. The minimum absolute atomic E-state index is 3.67. The van der Waals surface area contributed by atoms with Gasteiger partial charge in [0.25, 0.3) is 0 Å². The lowest BCUT2D eigenvalue weighted by atomic mass is 18.8. The van der Waals surface area contributed by atoms with Crippen LogP contribution in [0.15, 0.2) is 0 Å². The van der Waals surface area contributed by atoms with Crippen LogP contribution in [0.5, 0.6) is 0 Å². The van der Waals surface area contributed by atoms with E-state index in [4.69, 9.17) is 0 Å². The summed E-state index contributed by atoms with van der Waals surface area (Å²) >= 11 is 4.08. The standard InChI is InChI=1S/ClF2HSi/c1-4(2)3/h4H. The molecule has 0 unspecified atom stereocenters. The van der Waals surface area contributed by atoms with Crippen molar-refractivity contribution in [2.75, 3.05) is 0 Å². The average Bonchev–Trinajstić information content (AvgIpc) is 0.811. The third-order valence-electron chi connectivity index (χ3n) is 0. The van der Waals surface area contributed by atoms with Gasteiger partial charge >= 0.3 is 8.77 Å². The Balaban J connectivity index is 2.32. The Morgan fingerprint density at radius 2 is 1.50 bits per heavy atom. The van der Waals surface area contributed by atoms with Gasteiger partial charge in [-0.15, -0.1) is 0 Å². The van der Waals surface area contributed by atoms with Crippen LogP contribution in [-0.4, -0.2) is 8.77 Å². The first-order valence-electron chi connectivity index (χ1n) is 0.655. The Bertz CT molecular complexity index is 10.8. The van der Waals surface area contributed by atoms with Crippen LogP contribution >= 0.6 is 11.1 Å². The summed E-state index contributed by atoms with van der Waals surface area (Å²) in [5.41, 5.74) is 0. The molecule has 0 saturated carbocycles. The molecule has 0 atom stereocenters. The van der Waals surface area contributed by atoms with E-state index in [0.29, 0.717) is 0 Å². The fourth-order valence-electron chi connectivity index (χ4n) is 0. The van der Waals surface area contributed by atoms with Crippen LogP contribution in [-0.2, 0) is 0 Å². The summed E-state index contributed by atoms with van der Waals surface area (Å²) in [5.74, 6) is 0. The summed E-state index contributed by atoms with van der Waals surface area (Å²) in [4.78, 5) is 0. The lowest BCUT2D eigenvalue weighted by molar-refractivity contribution is 0.698. The van der Waals surface area contributed by atoms with E-state index in [9.17, 15) is 8.22 Å². The van der Waals surface area contributed by atoms with Crippen LogP contribution in [0.25, 0.3) is 0 Å². The van der Waals surface area contributed by atoms with E-state index in [1.807, 2.05) is 0 Å². The lowest BCUT2D eigenvalue weighted by Gasteiger charge is -1.62. The molecule has 0 aliphatic carbocycles. The molecule has 0 spiro atoms. The van der Waals surface area contributed by atoms with E-state index < -0.39 is 8.77 Å². The van der Waals surface area contributed by atoms with Gasteiger partial charge in [-0.2, -0.15) is 0 Å². The molecule has 0 heterocycles. The molecule has 0 aromatic heterocycles. The van der Waals surface area contributed by atoms with Crippen molar-refractivity contribution in [2.45, 2.75) is 0 Å². The van der Waals surface area contributed by atoms with Gasteiger partial charge in [0.2, 0.25) is 0 Å². The molecule has 0 saturated heterocycles. The molecule has 26 valence electrons. The normalized spacial score (nSPS) is 9.00. The van der Waals surface area contributed by atoms with Gasteiger partial charge in [0.15, 0.2) is 0 Å². The molecule has 0 nitrogen and oxygen atoms in total. The third kappa shape index (κ3) is 32.9. The maximum atomic E-state index is 10.2. The van der Waals surface area contributed by atoms with Crippen molar-refractivity contribution < 1.29 is 8.22 Å². The Labute approximate surface area is 29.0 Å². The molecule has 0 fully saturated rings. The van der Waals surface area contributed by atoms with E-state index >= 15 is 0 Å². The minimum atomic E-state index is -3.67. The van der Waals surface area contributed by atoms with Crippen molar-refractivity contribution in [2.24, 2.45) is 0 Å². The largest absolute Gasteiger partial charge is 0.506 e. The highest BCUT2D eigenvalue weighted by Gasteiger charge is 1.92. The van der Waals surface area contributed by atoms with Gasteiger partial charge in [0, 0.05) is 0 Å². The fourth-order valence-corrected chi connectivity index (χ4v) is 0. The second kappa shape index (κ2) is 1.66. The molecule has 0 rings (SSSR count). The number of hydrogen-bond donors (Lipinski definition) is 0. The summed E-state index contributed by atoms with van der Waals surface area (Å²) in [6.07, 6.45) is 0. The first kappa shape index (κ1) is 4.37. The van der Waals surface area contributed by atoms with Gasteiger partial charge in [0.05, 0.1) is 0 Å². The predicted molar refractivity (Wildman–Crippen MR) is 15.2 cm³/mol. The molecule has 0 amide bonds. The van der Waals surface area contributed by atoms with Gasteiger partial charge in [-0.05, 0) is 0 Å². The Morgan fingerprint density at radius 1 is 1.50 bits per heavy atom. The molecular weight excluding hydrogens is 102 g/mol. The summed E-state index contributed by atoms with van der Waals surface area (Å²) < 4.78 is 20.5. The zero-order valence-corrected chi connectivity index (χ0v) is 3.62. The summed E-state index contributed by atoms with van der Waals surface area (Å²) in [7, 11) is -3.67. The van der Waals surface area contributed by atoms with Crippen LogP contribution in [0.1, 0.15) is 0 Å². The Hall–Kier alpha value is 0.367. The molecule has 0 N–H and O–H groups in total. The molecule has 0 aliphatic heterocycles.